The van der Waals surface area contributed by atoms with Crippen LogP contribution >= 0.6 is 0 Å². The van der Waals surface area contributed by atoms with E-state index in [0.717, 1.165) is 0 Å². The Morgan fingerprint density at radius 1 is 1.20 bits per heavy atom. The topological polar surface area (TPSA) is 73.8 Å². The van der Waals surface area contributed by atoms with E-state index in [0.29, 0.717) is 31.5 Å². The van der Waals surface area contributed by atoms with Crippen molar-refractivity contribution >= 4 is 16.0 Å². The molecule has 7 heteroatoms. The monoisotopic (exact) mass is 306 g/mol. The molecule has 1 unspecified atom stereocenters. The standard InChI is InChI=1S/C13H30N4O2S/c1-7-17(8-2)20(18,19)10-9-15-13(14-6)16-12(5)11(3)4/h11-12H,7-10H2,1-6H3,(H2,14,15,16). The first kappa shape index (κ1) is 19.2. The van der Waals surface area contributed by atoms with Crippen LogP contribution < -0.4 is 10.6 Å². The summed E-state index contributed by atoms with van der Waals surface area (Å²) < 4.78 is 25.5. The number of hydrogen-bond donors (Lipinski definition) is 2. The maximum Gasteiger partial charge on any atom is 0.215 e. The number of rotatable bonds is 8. The quantitative estimate of drug-likeness (QED) is 0.515. The zero-order valence-corrected chi connectivity index (χ0v) is 14.4. The zero-order valence-electron chi connectivity index (χ0n) is 13.6. The van der Waals surface area contributed by atoms with Crippen molar-refractivity contribution in [2.75, 3.05) is 32.4 Å². The van der Waals surface area contributed by atoms with Crippen LogP contribution in [0.5, 0.6) is 0 Å². The van der Waals surface area contributed by atoms with Crippen LogP contribution in [0.1, 0.15) is 34.6 Å². The van der Waals surface area contributed by atoms with Crippen molar-refractivity contribution in [3.8, 4) is 0 Å². The summed E-state index contributed by atoms with van der Waals surface area (Å²) in [5.41, 5.74) is 0. The van der Waals surface area contributed by atoms with E-state index in [9.17, 15) is 8.42 Å². The molecule has 20 heavy (non-hydrogen) atoms. The highest BCUT2D eigenvalue weighted by Gasteiger charge is 2.18. The Bertz CT molecular complexity index is 389. The number of aliphatic imine (C=N–C) groups is 1. The van der Waals surface area contributed by atoms with Crippen LogP contribution in [-0.2, 0) is 10.0 Å². The lowest BCUT2D eigenvalue weighted by molar-refractivity contribution is 0.444. The van der Waals surface area contributed by atoms with Crippen LogP contribution in [0.25, 0.3) is 0 Å². The lowest BCUT2D eigenvalue weighted by atomic mass is 10.1. The summed E-state index contributed by atoms with van der Waals surface area (Å²) in [7, 11) is -1.50. The molecule has 0 saturated carbocycles. The van der Waals surface area contributed by atoms with Crippen LogP contribution in [0.15, 0.2) is 4.99 Å². The molecule has 0 aromatic heterocycles. The summed E-state index contributed by atoms with van der Waals surface area (Å²) in [6.07, 6.45) is 0. The Labute approximate surface area is 124 Å². The molecule has 2 N–H and O–H groups in total. The molecule has 0 radical (unpaired) electrons. The molecule has 0 aliphatic heterocycles. The number of guanidine groups is 1. The third kappa shape index (κ3) is 6.56. The van der Waals surface area contributed by atoms with E-state index < -0.39 is 10.0 Å². The lowest BCUT2D eigenvalue weighted by Crippen LogP contribution is -2.46. The minimum Gasteiger partial charge on any atom is -0.355 e. The van der Waals surface area contributed by atoms with Gasteiger partial charge in [-0.25, -0.2) is 12.7 Å². The largest absolute Gasteiger partial charge is 0.355 e. The van der Waals surface area contributed by atoms with Gasteiger partial charge in [0, 0.05) is 32.7 Å². The Morgan fingerprint density at radius 3 is 2.15 bits per heavy atom. The van der Waals surface area contributed by atoms with Gasteiger partial charge in [-0.3, -0.25) is 4.99 Å². The molecule has 0 aromatic carbocycles. The second-order valence-corrected chi connectivity index (χ2v) is 7.16. The second kappa shape index (κ2) is 9.18. The van der Waals surface area contributed by atoms with Crippen LogP contribution in [0.2, 0.25) is 0 Å². The fourth-order valence-corrected chi connectivity index (χ4v) is 3.03. The van der Waals surface area contributed by atoms with Gasteiger partial charge in [0.05, 0.1) is 5.75 Å². The summed E-state index contributed by atoms with van der Waals surface area (Å²) >= 11 is 0. The Balaban J connectivity index is 4.34. The van der Waals surface area contributed by atoms with Crippen LogP contribution in [-0.4, -0.2) is 57.2 Å². The van der Waals surface area contributed by atoms with Gasteiger partial charge in [0.25, 0.3) is 0 Å². The molecule has 0 rings (SSSR count). The molecule has 0 heterocycles. The predicted octanol–water partition coefficient (Wildman–Crippen LogP) is 0.868. The molecular weight excluding hydrogens is 276 g/mol. The third-order valence-corrected chi connectivity index (χ3v) is 5.36. The van der Waals surface area contributed by atoms with Gasteiger partial charge in [-0.05, 0) is 12.8 Å². The summed E-state index contributed by atoms with van der Waals surface area (Å²) in [6, 6.07) is 0.278. The van der Waals surface area contributed by atoms with Crippen molar-refractivity contribution in [1.82, 2.24) is 14.9 Å². The van der Waals surface area contributed by atoms with E-state index >= 15 is 0 Å². The average molecular weight is 306 g/mol. The van der Waals surface area contributed by atoms with Gasteiger partial charge in [-0.1, -0.05) is 27.7 Å². The second-order valence-electron chi connectivity index (χ2n) is 5.08. The van der Waals surface area contributed by atoms with Crippen LogP contribution in [0, 0.1) is 5.92 Å². The maximum absolute atomic E-state index is 12.0. The maximum atomic E-state index is 12.0. The van der Waals surface area contributed by atoms with Gasteiger partial charge in [-0.15, -0.1) is 0 Å². The Kier molecular flexibility index (Phi) is 8.80. The van der Waals surface area contributed by atoms with Crippen molar-refractivity contribution in [2.45, 2.75) is 40.7 Å². The summed E-state index contributed by atoms with van der Waals surface area (Å²) in [6.45, 7) is 11.4. The average Bonchev–Trinajstić information content (AvgIpc) is 2.37. The van der Waals surface area contributed by atoms with Crippen molar-refractivity contribution in [3.05, 3.63) is 0 Å². The first-order valence-corrected chi connectivity index (χ1v) is 8.84. The highest BCUT2D eigenvalue weighted by Crippen LogP contribution is 2.00. The molecular formula is C13H30N4O2S. The smallest absolute Gasteiger partial charge is 0.215 e. The van der Waals surface area contributed by atoms with Gasteiger partial charge in [0.15, 0.2) is 5.96 Å². The van der Waals surface area contributed by atoms with Crippen molar-refractivity contribution in [2.24, 2.45) is 10.9 Å². The number of nitrogens with zero attached hydrogens (tertiary/aromatic N) is 2. The highest BCUT2D eigenvalue weighted by molar-refractivity contribution is 7.89. The predicted molar refractivity (Wildman–Crippen MR) is 85.5 cm³/mol. The van der Waals surface area contributed by atoms with E-state index in [2.05, 4.69) is 36.4 Å². The molecule has 0 spiro atoms. The normalized spacial score (nSPS) is 14.7. The summed E-state index contributed by atoms with van der Waals surface area (Å²) in [5.74, 6) is 1.19. The minimum absolute atomic E-state index is 0.0748. The Hall–Kier alpha value is -0.820. The first-order valence-electron chi connectivity index (χ1n) is 7.23. The molecule has 1 atom stereocenters. The minimum atomic E-state index is -3.18. The van der Waals surface area contributed by atoms with Crippen molar-refractivity contribution in [3.63, 3.8) is 0 Å². The number of sulfonamides is 1. The fraction of sp³-hybridized carbons (Fsp3) is 0.923. The summed E-state index contributed by atoms with van der Waals surface area (Å²) in [5, 5.41) is 6.29. The van der Waals surface area contributed by atoms with Crippen LogP contribution in [0.4, 0.5) is 0 Å². The summed E-state index contributed by atoms with van der Waals surface area (Å²) in [4.78, 5) is 4.10. The molecule has 6 nitrogen and oxygen atoms in total. The van der Waals surface area contributed by atoms with Crippen molar-refractivity contribution in [1.29, 1.82) is 0 Å². The molecule has 0 aromatic rings. The molecule has 0 bridgehead atoms. The molecule has 0 saturated heterocycles. The molecule has 120 valence electrons. The van der Waals surface area contributed by atoms with E-state index in [-0.39, 0.29) is 11.8 Å². The van der Waals surface area contributed by atoms with Gasteiger partial charge < -0.3 is 10.6 Å². The molecule has 0 fully saturated rings. The SMILES string of the molecule is CCN(CC)S(=O)(=O)CCNC(=NC)NC(C)C(C)C. The van der Waals surface area contributed by atoms with Gasteiger partial charge >= 0.3 is 0 Å². The number of nitrogens with one attached hydrogen (secondary N) is 2. The highest BCUT2D eigenvalue weighted by atomic mass is 32.2. The van der Waals surface area contributed by atoms with E-state index in [4.69, 9.17) is 0 Å². The van der Waals surface area contributed by atoms with Gasteiger partial charge in [0.2, 0.25) is 10.0 Å². The Morgan fingerprint density at radius 2 is 1.75 bits per heavy atom. The number of hydrogen-bond acceptors (Lipinski definition) is 3. The van der Waals surface area contributed by atoms with Gasteiger partial charge in [0.1, 0.15) is 0 Å². The van der Waals surface area contributed by atoms with Crippen LogP contribution in [0.3, 0.4) is 0 Å². The fourth-order valence-electron chi connectivity index (χ4n) is 1.62. The first-order chi connectivity index (χ1) is 9.28. The third-order valence-electron chi connectivity index (χ3n) is 3.34. The zero-order chi connectivity index (χ0) is 15.8. The van der Waals surface area contributed by atoms with Crippen molar-refractivity contribution < 1.29 is 8.42 Å². The van der Waals surface area contributed by atoms with E-state index in [1.165, 1.54) is 4.31 Å². The molecule has 0 aliphatic carbocycles. The molecule has 0 aliphatic rings. The van der Waals surface area contributed by atoms with Gasteiger partial charge in [-0.2, -0.15) is 0 Å². The lowest BCUT2D eigenvalue weighted by Gasteiger charge is -2.22. The molecule has 0 amide bonds. The van der Waals surface area contributed by atoms with E-state index in [1.807, 2.05) is 13.8 Å². The van der Waals surface area contributed by atoms with E-state index in [1.54, 1.807) is 7.05 Å².